The standard InChI is InChI=1S/C18H10O3S/c19-16-12-8-4-5-9-13(12)17(20)18-14(16)10-15(21-18)22-11-6-2-1-3-7-11/h1-10H. The Bertz CT molecular complexity index is 841. The third kappa shape index (κ3) is 2.00. The highest BCUT2D eigenvalue weighted by molar-refractivity contribution is 7.99. The van der Waals surface area contributed by atoms with Crippen molar-refractivity contribution in [2.75, 3.05) is 0 Å². The lowest BCUT2D eigenvalue weighted by atomic mass is 9.89. The predicted octanol–water partition coefficient (Wildman–Crippen LogP) is 4.21. The highest BCUT2D eigenvalue weighted by Crippen LogP contribution is 2.35. The molecule has 3 nitrogen and oxygen atoms in total. The van der Waals surface area contributed by atoms with Crippen LogP contribution < -0.4 is 0 Å². The van der Waals surface area contributed by atoms with Crippen molar-refractivity contribution >= 4 is 23.3 Å². The maximum Gasteiger partial charge on any atom is 0.229 e. The summed E-state index contributed by atoms with van der Waals surface area (Å²) in [6, 6.07) is 18.2. The van der Waals surface area contributed by atoms with Crippen molar-refractivity contribution in [1.29, 1.82) is 0 Å². The summed E-state index contributed by atoms with van der Waals surface area (Å²) in [5, 5.41) is 0.547. The molecule has 0 fully saturated rings. The van der Waals surface area contributed by atoms with Crippen LogP contribution in [-0.4, -0.2) is 11.6 Å². The van der Waals surface area contributed by atoms with Gasteiger partial charge in [0.05, 0.1) is 5.56 Å². The number of rotatable bonds is 2. The van der Waals surface area contributed by atoms with E-state index in [1.165, 1.54) is 11.8 Å². The van der Waals surface area contributed by atoms with E-state index in [1.54, 1.807) is 30.3 Å². The smallest absolute Gasteiger partial charge is 0.229 e. The summed E-state index contributed by atoms with van der Waals surface area (Å²) in [7, 11) is 0. The van der Waals surface area contributed by atoms with Crippen LogP contribution in [0, 0.1) is 0 Å². The SMILES string of the molecule is O=C1c2ccccc2C(=O)c2oc(Sc3ccccc3)cc21. The normalized spacial score (nSPS) is 12.9. The Labute approximate surface area is 131 Å². The quantitative estimate of drug-likeness (QED) is 0.556. The molecule has 4 rings (SSSR count). The molecule has 1 aliphatic rings. The summed E-state index contributed by atoms with van der Waals surface area (Å²) < 4.78 is 5.64. The second kappa shape index (κ2) is 5.00. The van der Waals surface area contributed by atoms with E-state index in [2.05, 4.69) is 0 Å². The molecule has 1 aromatic heterocycles. The van der Waals surface area contributed by atoms with E-state index in [0.717, 1.165) is 4.90 Å². The van der Waals surface area contributed by atoms with Crippen LogP contribution in [0.1, 0.15) is 32.0 Å². The minimum absolute atomic E-state index is 0.141. The molecule has 4 heteroatoms. The van der Waals surface area contributed by atoms with Crippen molar-refractivity contribution in [3.8, 4) is 0 Å². The number of fused-ring (bicyclic) bond motifs is 2. The van der Waals surface area contributed by atoms with E-state index in [0.29, 0.717) is 21.8 Å². The molecule has 0 amide bonds. The van der Waals surface area contributed by atoms with Gasteiger partial charge in [-0.2, -0.15) is 0 Å². The summed E-state index contributed by atoms with van der Waals surface area (Å²) in [5.74, 6) is -0.249. The monoisotopic (exact) mass is 306 g/mol. The van der Waals surface area contributed by atoms with Crippen LogP contribution in [0.2, 0.25) is 0 Å². The van der Waals surface area contributed by atoms with Crippen LogP contribution in [0.5, 0.6) is 0 Å². The Balaban J connectivity index is 1.77. The average Bonchev–Trinajstić information content (AvgIpc) is 2.98. The summed E-state index contributed by atoms with van der Waals surface area (Å²) >= 11 is 1.39. The number of hydrogen-bond acceptors (Lipinski definition) is 4. The first-order chi connectivity index (χ1) is 10.7. The number of ketones is 2. The maximum atomic E-state index is 12.5. The first-order valence-electron chi connectivity index (χ1n) is 6.79. The lowest BCUT2D eigenvalue weighted by Crippen LogP contribution is -2.18. The van der Waals surface area contributed by atoms with Crippen LogP contribution in [-0.2, 0) is 0 Å². The lowest BCUT2D eigenvalue weighted by molar-refractivity contribution is 0.0957. The lowest BCUT2D eigenvalue weighted by Gasteiger charge is -2.11. The molecule has 0 N–H and O–H groups in total. The van der Waals surface area contributed by atoms with Gasteiger partial charge in [-0.15, -0.1) is 0 Å². The molecule has 0 aliphatic heterocycles. The molecule has 0 saturated carbocycles. The molecule has 0 saturated heterocycles. The van der Waals surface area contributed by atoms with Gasteiger partial charge in [0.25, 0.3) is 0 Å². The molecule has 3 aromatic rings. The Hall–Kier alpha value is -2.59. The van der Waals surface area contributed by atoms with Crippen LogP contribution in [0.4, 0.5) is 0 Å². The van der Waals surface area contributed by atoms with E-state index >= 15 is 0 Å². The first kappa shape index (κ1) is 13.1. The minimum Gasteiger partial charge on any atom is -0.445 e. The number of benzene rings is 2. The van der Waals surface area contributed by atoms with Gasteiger partial charge in [-0.1, -0.05) is 54.2 Å². The van der Waals surface area contributed by atoms with Crippen molar-refractivity contribution in [3.05, 3.63) is 83.1 Å². The fourth-order valence-corrected chi connectivity index (χ4v) is 3.33. The van der Waals surface area contributed by atoms with E-state index in [1.807, 2.05) is 30.3 Å². The van der Waals surface area contributed by atoms with Crippen molar-refractivity contribution in [2.24, 2.45) is 0 Å². The van der Waals surface area contributed by atoms with Gasteiger partial charge in [0.2, 0.25) is 5.78 Å². The van der Waals surface area contributed by atoms with Gasteiger partial charge in [-0.3, -0.25) is 9.59 Å². The fraction of sp³-hybridized carbons (Fsp3) is 0. The van der Waals surface area contributed by atoms with Gasteiger partial charge in [0.1, 0.15) is 0 Å². The van der Waals surface area contributed by atoms with Crippen LogP contribution in [0.15, 0.2) is 75.1 Å². The fourth-order valence-electron chi connectivity index (χ4n) is 2.51. The van der Waals surface area contributed by atoms with Gasteiger partial charge in [-0.05, 0) is 12.1 Å². The number of carbonyl (C=O) groups excluding carboxylic acids is 2. The molecular formula is C18H10O3S. The van der Waals surface area contributed by atoms with Crippen molar-refractivity contribution in [2.45, 2.75) is 9.99 Å². The van der Waals surface area contributed by atoms with Gasteiger partial charge in [0.15, 0.2) is 16.6 Å². The van der Waals surface area contributed by atoms with Gasteiger partial charge in [-0.25, -0.2) is 0 Å². The third-order valence-electron chi connectivity index (χ3n) is 3.54. The largest absolute Gasteiger partial charge is 0.445 e. The molecule has 22 heavy (non-hydrogen) atoms. The Kier molecular flexibility index (Phi) is 2.98. The van der Waals surface area contributed by atoms with E-state index in [9.17, 15) is 9.59 Å². The van der Waals surface area contributed by atoms with Crippen molar-refractivity contribution in [3.63, 3.8) is 0 Å². The Morgan fingerprint density at radius 2 is 1.36 bits per heavy atom. The number of furan rings is 1. The highest BCUT2D eigenvalue weighted by atomic mass is 32.2. The maximum absolute atomic E-state index is 12.5. The summed E-state index contributed by atoms with van der Waals surface area (Å²) in [6.45, 7) is 0. The highest BCUT2D eigenvalue weighted by Gasteiger charge is 2.33. The summed E-state index contributed by atoms with van der Waals surface area (Å²) in [4.78, 5) is 26.0. The van der Waals surface area contributed by atoms with Crippen molar-refractivity contribution < 1.29 is 14.0 Å². The second-order valence-electron chi connectivity index (χ2n) is 4.93. The van der Waals surface area contributed by atoms with Gasteiger partial charge < -0.3 is 4.42 Å². The Morgan fingerprint density at radius 1 is 0.727 bits per heavy atom. The first-order valence-corrected chi connectivity index (χ1v) is 7.61. The Morgan fingerprint density at radius 3 is 2.09 bits per heavy atom. The molecule has 0 atom stereocenters. The molecule has 0 unspecified atom stereocenters. The molecule has 0 spiro atoms. The number of carbonyl (C=O) groups is 2. The predicted molar refractivity (Wildman–Crippen MR) is 82.6 cm³/mol. The second-order valence-corrected chi connectivity index (χ2v) is 6.01. The van der Waals surface area contributed by atoms with Crippen LogP contribution in [0.25, 0.3) is 0 Å². The zero-order valence-electron chi connectivity index (χ0n) is 11.4. The zero-order valence-corrected chi connectivity index (χ0v) is 12.2. The molecule has 0 radical (unpaired) electrons. The third-order valence-corrected chi connectivity index (χ3v) is 4.45. The summed E-state index contributed by atoms with van der Waals surface area (Å²) in [6.07, 6.45) is 0. The van der Waals surface area contributed by atoms with E-state index in [-0.39, 0.29) is 17.3 Å². The van der Waals surface area contributed by atoms with E-state index in [4.69, 9.17) is 4.42 Å². The minimum atomic E-state index is -0.231. The number of hydrogen-bond donors (Lipinski definition) is 0. The average molecular weight is 306 g/mol. The molecule has 2 aromatic carbocycles. The molecule has 0 bridgehead atoms. The molecule has 106 valence electrons. The van der Waals surface area contributed by atoms with Gasteiger partial charge >= 0.3 is 0 Å². The molecule has 1 heterocycles. The topological polar surface area (TPSA) is 47.3 Å². The van der Waals surface area contributed by atoms with Crippen molar-refractivity contribution in [1.82, 2.24) is 0 Å². The molecule has 1 aliphatic carbocycles. The zero-order chi connectivity index (χ0) is 15.1. The van der Waals surface area contributed by atoms with Crippen LogP contribution >= 0.6 is 11.8 Å². The van der Waals surface area contributed by atoms with Gasteiger partial charge in [0, 0.05) is 22.1 Å². The summed E-state index contributed by atoms with van der Waals surface area (Å²) in [5.41, 5.74) is 1.20. The van der Waals surface area contributed by atoms with Crippen LogP contribution in [0.3, 0.4) is 0 Å². The molecular weight excluding hydrogens is 296 g/mol. The van der Waals surface area contributed by atoms with E-state index < -0.39 is 0 Å².